The Morgan fingerprint density at radius 2 is 1.58 bits per heavy atom. The Hall–Kier alpha value is -4.21. The van der Waals surface area contributed by atoms with Gasteiger partial charge in [-0.25, -0.2) is 4.79 Å². The Morgan fingerprint density at radius 3 is 2.19 bits per heavy atom. The lowest BCUT2D eigenvalue weighted by Gasteiger charge is -2.37. The van der Waals surface area contributed by atoms with Crippen LogP contribution in [0.1, 0.15) is 61.1 Å². The molecule has 0 spiro atoms. The number of amides is 1. The van der Waals surface area contributed by atoms with Gasteiger partial charge in [0.2, 0.25) is 0 Å². The monoisotopic (exact) mass is 489 g/mol. The number of ether oxygens (including phenoxy) is 1. The van der Waals surface area contributed by atoms with E-state index in [4.69, 9.17) is 4.74 Å². The lowest BCUT2D eigenvalue weighted by molar-refractivity contribution is -0.0613. The fourth-order valence-corrected chi connectivity index (χ4v) is 4.89. The third-order valence-electron chi connectivity index (χ3n) is 6.64. The molecule has 9 nitrogen and oxygen atoms in total. The standard InChI is InChI=1S/C27H23NO8/c1-13-6-8-14(9-7-13)28-26(34)36-12-27(35)10-17-19(18(29)11-27)25(33)21-20(24(17)32)22(30)15-4-2-3-5-16(15)23(21)31/h2-9,18,29,32-33,35H,10-12H2,1H3,(H,28,34)/t18-,27?/m0/s1. The third-order valence-corrected chi connectivity index (χ3v) is 6.64. The van der Waals surface area contributed by atoms with E-state index in [1.165, 1.54) is 12.1 Å². The summed E-state index contributed by atoms with van der Waals surface area (Å²) in [7, 11) is 0. The van der Waals surface area contributed by atoms with Crippen molar-refractivity contribution in [1.82, 2.24) is 0 Å². The van der Waals surface area contributed by atoms with Gasteiger partial charge in [0, 0.05) is 40.8 Å². The average Bonchev–Trinajstić information content (AvgIpc) is 2.84. The molecule has 2 atom stereocenters. The first-order chi connectivity index (χ1) is 17.1. The largest absolute Gasteiger partial charge is 0.507 e. The SMILES string of the molecule is Cc1ccc(NC(=O)OCC2(O)Cc3c(O)c4c(c(O)c3[C@@H](O)C2)C(=O)c2ccccc2C4=O)cc1. The van der Waals surface area contributed by atoms with Crippen LogP contribution in [0.15, 0.2) is 48.5 Å². The molecule has 0 aromatic heterocycles. The lowest BCUT2D eigenvalue weighted by atomic mass is 9.73. The van der Waals surface area contributed by atoms with Gasteiger partial charge in [-0.05, 0) is 19.1 Å². The molecule has 0 aliphatic heterocycles. The average molecular weight is 489 g/mol. The summed E-state index contributed by atoms with van der Waals surface area (Å²) in [6.07, 6.45) is -3.02. The predicted molar refractivity (Wildman–Crippen MR) is 127 cm³/mol. The quantitative estimate of drug-likeness (QED) is 0.275. The number of fused-ring (bicyclic) bond motifs is 3. The Balaban J connectivity index is 1.44. The molecule has 0 heterocycles. The molecular weight excluding hydrogens is 466 g/mol. The molecule has 0 saturated heterocycles. The number of nitrogens with one attached hydrogen (secondary N) is 1. The number of aliphatic hydroxyl groups is 2. The van der Waals surface area contributed by atoms with Gasteiger partial charge >= 0.3 is 6.09 Å². The first-order valence-corrected chi connectivity index (χ1v) is 11.3. The number of aliphatic hydroxyl groups excluding tert-OH is 1. The number of benzene rings is 3. The minimum absolute atomic E-state index is 0.0763. The molecule has 36 heavy (non-hydrogen) atoms. The summed E-state index contributed by atoms with van der Waals surface area (Å²) in [6, 6.07) is 13.0. The lowest BCUT2D eigenvalue weighted by Crippen LogP contribution is -2.43. The molecule has 3 aromatic rings. The summed E-state index contributed by atoms with van der Waals surface area (Å²) in [5.74, 6) is -2.53. The Kier molecular flexibility index (Phi) is 5.54. The van der Waals surface area contributed by atoms with Crippen molar-refractivity contribution in [3.05, 3.63) is 87.5 Å². The van der Waals surface area contributed by atoms with Gasteiger partial charge in [0.15, 0.2) is 11.6 Å². The first-order valence-electron chi connectivity index (χ1n) is 11.3. The summed E-state index contributed by atoms with van der Waals surface area (Å²) in [5, 5.41) is 46.4. The molecule has 0 bridgehead atoms. The highest BCUT2D eigenvalue weighted by Crippen LogP contribution is 2.50. The van der Waals surface area contributed by atoms with Gasteiger partial charge in [-0.1, -0.05) is 42.0 Å². The fourth-order valence-electron chi connectivity index (χ4n) is 4.89. The molecular formula is C27H23NO8. The predicted octanol–water partition coefficient (Wildman–Crippen LogP) is 3.14. The summed E-state index contributed by atoms with van der Waals surface area (Å²) in [6.45, 7) is 1.37. The van der Waals surface area contributed by atoms with Crippen LogP contribution in [-0.4, -0.2) is 50.3 Å². The summed E-state index contributed by atoms with van der Waals surface area (Å²) in [5.41, 5.74) is -1.15. The fraction of sp³-hybridized carbons (Fsp3) is 0.222. The number of phenols is 2. The zero-order chi connectivity index (χ0) is 25.8. The van der Waals surface area contributed by atoms with Gasteiger partial charge in [0.05, 0.1) is 17.2 Å². The van der Waals surface area contributed by atoms with E-state index in [2.05, 4.69) is 5.32 Å². The molecule has 0 radical (unpaired) electrons. The van der Waals surface area contributed by atoms with Crippen molar-refractivity contribution in [2.45, 2.75) is 31.5 Å². The maximum absolute atomic E-state index is 13.1. The Morgan fingerprint density at radius 1 is 1.00 bits per heavy atom. The van der Waals surface area contributed by atoms with E-state index in [0.29, 0.717) is 5.69 Å². The van der Waals surface area contributed by atoms with Gasteiger partial charge < -0.3 is 25.2 Å². The molecule has 184 valence electrons. The van der Waals surface area contributed by atoms with E-state index in [9.17, 15) is 34.8 Å². The zero-order valence-corrected chi connectivity index (χ0v) is 19.2. The molecule has 2 aliphatic carbocycles. The number of ketones is 2. The van der Waals surface area contributed by atoms with Crippen molar-refractivity contribution >= 4 is 23.3 Å². The summed E-state index contributed by atoms with van der Waals surface area (Å²) >= 11 is 0. The maximum Gasteiger partial charge on any atom is 0.411 e. The minimum atomic E-state index is -1.81. The van der Waals surface area contributed by atoms with Gasteiger partial charge in [-0.3, -0.25) is 14.9 Å². The van der Waals surface area contributed by atoms with Crippen molar-refractivity contribution < 1.29 is 39.5 Å². The van der Waals surface area contributed by atoms with Crippen LogP contribution in [0.25, 0.3) is 0 Å². The number of aromatic hydroxyl groups is 2. The van der Waals surface area contributed by atoms with Gasteiger partial charge in [0.25, 0.3) is 0 Å². The van der Waals surface area contributed by atoms with Crippen LogP contribution in [0.3, 0.4) is 0 Å². The van der Waals surface area contributed by atoms with Gasteiger partial charge in [0.1, 0.15) is 23.7 Å². The van der Waals surface area contributed by atoms with Crippen molar-refractivity contribution in [1.29, 1.82) is 0 Å². The second kappa shape index (κ2) is 8.47. The molecule has 0 fully saturated rings. The van der Waals surface area contributed by atoms with E-state index in [0.717, 1.165) is 5.56 Å². The van der Waals surface area contributed by atoms with E-state index in [1.807, 2.05) is 6.92 Å². The number of anilines is 1. The number of phenolic OH excluding ortho intramolecular Hbond substituents is 2. The van der Waals surface area contributed by atoms with Crippen LogP contribution in [0.5, 0.6) is 11.5 Å². The second-order valence-corrected chi connectivity index (χ2v) is 9.23. The van der Waals surface area contributed by atoms with Crippen LogP contribution in [-0.2, 0) is 11.2 Å². The summed E-state index contributed by atoms with van der Waals surface area (Å²) in [4.78, 5) is 38.5. The first kappa shape index (κ1) is 23.5. The van der Waals surface area contributed by atoms with Crippen LogP contribution in [0.2, 0.25) is 0 Å². The van der Waals surface area contributed by atoms with E-state index >= 15 is 0 Å². The van der Waals surface area contributed by atoms with Crippen LogP contribution in [0.4, 0.5) is 10.5 Å². The van der Waals surface area contributed by atoms with Crippen LogP contribution in [0, 0.1) is 6.92 Å². The number of carbonyl (C=O) groups is 3. The van der Waals surface area contributed by atoms with Crippen molar-refractivity contribution in [2.24, 2.45) is 0 Å². The molecule has 1 amide bonds. The van der Waals surface area contributed by atoms with Gasteiger partial charge in [-0.2, -0.15) is 0 Å². The molecule has 0 saturated carbocycles. The normalized spacial score (nSPS) is 20.2. The van der Waals surface area contributed by atoms with E-state index in [1.54, 1.807) is 36.4 Å². The van der Waals surface area contributed by atoms with Crippen molar-refractivity contribution in [3.63, 3.8) is 0 Å². The van der Waals surface area contributed by atoms with Crippen LogP contribution < -0.4 is 5.32 Å². The van der Waals surface area contributed by atoms with Gasteiger partial charge in [-0.15, -0.1) is 0 Å². The van der Waals surface area contributed by atoms with E-state index < -0.39 is 47.5 Å². The van der Waals surface area contributed by atoms with Crippen LogP contribution >= 0.6 is 0 Å². The molecule has 2 aliphatic rings. The Labute approximate surface area is 205 Å². The smallest absolute Gasteiger partial charge is 0.411 e. The highest BCUT2D eigenvalue weighted by molar-refractivity contribution is 6.30. The highest BCUT2D eigenvalue weighted by Gasteiger charge is 2.45. The molecule has 5 rings (SSSR count). The topological polar surface area (TPSA) is 153 Å². The van der Waals surface area contributed by atoms with Crippen molar-refractivity contribution in [3.8, 4) is 11.5 Å². The minimum Gasteiger partial charge on any atom is -0.507 e. The molecule has 9 heteroatoms. The van der Waals surface area contributed by atoms with E-state index in [-0.39, 0.29) is 46.2 Å². The molecule has 3 aromatic carbocycles. The highest BCUT2D eigenvalue weighted by atomic mass is 16.6. The molecule has 5 N–H and O–H groups in total. The summed E-state index contributed by atoms with van der Waals surface area (Å²) < 4.78 is 5.17. The number of hydrogen-bond donors (Lipinski definition) is 5. The number of carbonyl (C=O) groups excluding carboxylic acids is 3. The Bertz CT molecular complexity index is 1430. The second-order valence-electron chi connectivity index (χ2n) is 9.23. The maximum atomic E-state index is 13.1. The number of rotatable bonds is 3. The third kappa shape index (κ3) is 3.78. The van der Waals surface area contributed by atoms with Crippen molar-refractivity contribution in [2.75, 3.05) is 11.9 Å². The zero-order valence-electron chi connectivity index (χ0n) is 19.2. The number of aryl methyl sites for hydroxylation is 1. The number of hydrogen-bond acceptors (Lipinski definition) is 8. The molecule has 1 unspecified atom stereocenters.